The number of benzene rings is 3. The van der Waals surface area contributed by atoms with E-state index in [-0.39, 0.29) is 35.6 Å². The van der Waals surface area contributed by atoms with E-state index in [0.717, 1.165) is 42.5 Å². The second kappa shape index (κ2) is 13.4. The molecule has 1 heterocycles. The topological polar surface area (TPSA) is 174 Å². The molecular weight excluding hydrogens is 684 g/mol. The van der Waals surface area contributed by atoms with E-state index in [1.165, 1.54) is 31.2 Å². The smallest absolute Gasteiger partial charge is 0.465 e. The van der Waals surface area contributed by atoms with Gasteiger partial charge in [-0.3, -0.25) is 4.79 Å². The monoisotopic (exact) mass is 709 g/mol. The number of ether oxygens (including phenoxy) is 2. The summed E-state index contributed by atoms with van der Waals surface area (Å²) < 4.78 is 142. The molecule has 0 spiro atoms. The van der Waals surface area contributed by atoms with Crippen LogP contribution in [0, 0.1) is 0 Å². The van der Waals surface area contributed by atoms with Crippen molar-refractivity contribution in [3.05, 3.63) is 83.7 Å². The zero-order valence-electron chi connectivity index (χ0n) is 24.0. The number of sulfonamides is 1. The predicted octanol–water partition coefficient (Wildman–Crippen LogP) is 4.32. The number of rotatable bonds is 12. The molecule has 0 radical (unpaired) electrons. The normalized spacial score (nSPS) is 13.4. The van der Waals surface area contributed by atoms with Gasteiger partial charge in [0.2, 0.25) is 10.0 Å². The Bertz CT molecular complexity index is 1970. The first-order chi connectivity index (χ1) is 21.8. The van der Waals surface area contributed by atoms with Crippen LogP contribution in [0.4, 0.5) is 32.0 Å². The lowest BCUT2D eigenvalue weighted by molar-refractivity contribution is -0.275. The van der Waals surface area contributed by atoms with Crippen molar-refractivity contribution in [3.8, 4) is 5.75 Å². The summed E-state index contributed by atoms with van der Waals surface area (Å²) in [6.07, 6.45) is -10.2. The minimum absolute atomic E-state index is 0.0242. The molecule has 4 aromatic rings. The van der Waals surface area contributed by atoms with Gasteiger partial charge in [0.05, 0.1) is 34.9 Å². The molecule has 47 heavy (non-hydrogen) atoms. The molecule has 0 amide bonds. The van der Waals surface area contributed by atoms with Crippen molar-refractivity contribution in [2.75, 3.05) is 17.5 Å². The molecule has 20 heteroatoms. The highest BCUT2D eigenvalue weighted by Crippen LogP contribution is 2.33. The molecule has 1 aromatic heterocycles. The maximum Gasteiger partial charge on any atom is 0.573 e. The third-order valence-electron chi connectivity index (χ3n) is 6.37. The van der Waals surface area contributed by atoms with E-state index < -0.39 is 67.5 Å². The Morgan fingerprint density at radius 2 is 1.66 bits per heavy atom. The molecule has 3 aromatic carbocycles. The first-order valence-corrected chi connectivity index (χ1v) is 16.2. The zero-order chi connectivity index (χ0) is 34.8. The van der Waals surface area contributed by atoms with Crippen molar-refractivity contribution in [2.45, 2.75) is 36.8 Å². The number of halogens is 6. The van der Waals surface area contributed by atoms with Crippen LogP contribution >= 0.6 is 0 Å². The van der Waals surface area contributed by atoms with Gasteiger partial charge in [-0.25, -0.2) is 27.6 Å². The number of aromatic nitrogens is 2. The molecular formula is C27H25F6N5O7S2. The van der Waals surface area contributed by atoms with Crippen LogP contribution < -0.4 is 18.9 Å². The number of fused-ring (bicyclic) bond motifs is 1. The highest BCUT2D eigenvalue weighted by Gasteiger charge is 2.35. The van der Waals surface area contributed by atoms with Crippen LogP contribution in [0.3, 0.4) is 0 Å². The highest BCUT2D eigenvalue weighted by atomic mass is 32.2. The van der Waals surface area contributed by atoms with E-state index in [4.69, 9.17) is 9.88 Å². The number of aromatic amines is 1. The van der Waals surface area contributed by atoms with E-state index in [0.29, 0.717) is 9.87 Å². The van der Waals surface area contributed by atoms with E-state index in [2.05, 4.69) is 19.4 Å². The maximum absolute atomic E-state index is 13.4. The quantitative estimate of drug-likeness (QED) is 0.144. The van der Waals surface area contributed by atoms with Gasteiger partial charge in [-0.2, -0.15) is 21.6 Å². The molecule has 0 aliphatic carbocycles. The van der Waals surface area contributed by atoms with Crippen molar-refractivity contribution in [3.63, 3.8) is 0 Å². The summed E-state index contributed by atoms with van der Waals surface area (Å²) in [5, 5.41) is 5.25. The molecule has 4 N–H and O–H groups in total. The van der Waals surface area contributed by atoms with Gasteiger partial charge < -0.3 is 14.5 Å². The van der Waals surface area contributed by atoms with Crippen molar-refractivity contribution in [1.82, 2.24) is 14.7 Å². The van der Waals surface area contributed by atoms with Crippen LogP contribution in [0.25, 0.3) is 11.0 Å². The number of imidazole rings is 1. The van der Waals surface area contributed by atoms with Crippen LogP contribution in [0.5, 0.6) is 5.75 Å². The lowest BCUT2D eigenvalue weighted by Gasteiger charge is -2.22. The van der Waals surface area contributed by atoms with Crippen molar-refractivity contribution < 1.29 is 57.4 Å². The summed E-state index contributed by atoms with van der Waals surface area (Å²) in [6.45, 7) is 0.726. The Kier molecular flexibility index (Phi) is 10.1. The summed E-state index contributed by atoms with van der Waals surface area (Å²) in [6, 6.07) is 10.2. The third-order valence-corrected chi connectivity index (χ3v) is 8.83. The first-order valence-electron chi connectivity index (χ1n) is 13.3. The summed E-state index contributed by atoms with van der Waals surface area (Å²) >= 11 is 0. The number of alkyl halides is 6. The van der Waals surface area contributed by atoms with Gasteiger partial charge in [-0.15, -0.1) is 13.2 Å². The molecule has 12 nitrogen and oxygen atoms in total. The minimum Gasteiger partial charge on any atom is -0.465 e. The molecule has 254 valence electrons. The number of anilines is 1. The van der Waals surface area contributed by atoms with Gasteiger partial charge in [0.1, 0.15) is 23.0 Å². The predicted molar refractivity (Wildman–Crippen MR) is 155 cm³/mol. The molecule has 0 bridgehead atoms. The summed E-state index contributed by atoms with van der Waals surface area (Å²) in [5.41, 5.74) is -0.881. The van der Waals surface area contributed by atoms with Gasteiger partial charge in [-0.05, 0) is 61.4 Å². The van der Waals surface area contributed by atoms with E-state index >= 15 is 0 Å². The van der Waals surface area contributed by atoms with Gasteiger partial charge in [0.25, 0.3) is 10.2 Å². The van der Waals surface area contributed by atoms with Crippen LogP contribution in [-0.2, 0) is 42.4 Å². The summed E-state index contributed by atoms with van der Waals surface area (Å²) in [5.74, 6) is -2.14. The van der Waals surface area contributed by atoms with Crippen LogP contribution in [0.1, 0.15) is 29.9 Å². The fraction of sp³-hybridized carbons (Fsp3) is 0.259. The number of nitrogens with two attached hydrogens (primary N) is 1. The van der Waals surface area contributed by atoms with Gasteiger partial charge in [0.15, 0.2) is 0 Å². The summed E-state index contributed by atoms with van der Waals surface area (Å²) in [4.78, 5) is 17.9. The number of H-pyrrole nitrogens is 1. The standard InChI is InChI=1S/C27H25F6N5O7S2/c1-2-44-24(39)15-38(47(34,42)43)18-10-7-16(8-11-18)13-21(25-35-19-12-9-17(26(28,29)30)14-20(19)36-25)37-46(40,41)23-6-4-3-5-22(23)45-27(31,32)33/h3-12,14,21,37H,2,13,15H2,1H3,(H,35,36)(H2,34,42,43)/t21-/m0/s1. The number of nitrogens with one attached hydrogen (secondary N) is 2. The second-order valence-electron chi connectivity index (χ2n) is 9.75. The average Bonchev–Trinajstić information content (AvgIpc) is 3.38. The average molecular weight is 710 g/mol. The maximum atomic E-state index is 13.4. The molecule has 0 aliphatic rings. The van der Waals surface area contributed by atoms with Gasteiger partial charge >= 0.3 is 18.5 Å². The lowest BCUT2D eigenvalue weighted by Crippen LogP contribution is -2.40. The van der Waals surface area contributed by atoms with Crippen LogP contribution in [0.2, 0.25) is 0 Å². The molecule has 0 fully saturated rings. The lowest BCUT2D eigenvalue weighted by atomic mass is 10.1. The van der Waals surface area contributed by atoms with Crippen LogP contribution in [-0.4, -0.2) is 52.3 Å². The van der Waals surface area contributed by atoms with Crippen molar-refractivity contribution in [1.29, 1.82) is 0 Å². The molecule has 0 aliphatic heterocycles. The number of esters is 1. The molecule has 0 saturated carbocycles. The van der Waals surface area contributed by atoms with Crippen molar-refractivity contribution in [2.24, 2.45) is 5.14 Å². The van der Waals surface area contributed by atoms with Gasteiger partial charge in [-0.1, -0.05) is 24.3 Å². The van der Waals surface area contributed by atoms with E-state index in [1.54, 1.807) is 0 Å². The fourth-order valence-electron chi connectivity index (χ4n) is 4.38. The Morgan fingerprint density at radius 1 is 1.00 bits per heavy atom. The Labute approximate surface area is 263 Å². The molecule has 4 rings (SSSR count). The number of carbonyl (C=O) groups excluding carboxylic acids is 1. The zero-order valence-corrected chi connectivity index (χ0v) is 25.6. The largest absolute Gasteiger partial charge is 0.573 e. The Hall–Kier alpha value is -4.40. The van der Waals surface area contributed by atoms with Crippen LogP contribution in [0.15, 0.2) is 71.6 Å². The fourth-order valence-corrected chi connectivity index (χ4v) is 6.41. The molecule has 1 atom stereocenters. The number of hydrogen-bond donors (Lipinski definition) is 3. The second-order valence-corrected chi connectivity index (χ2v) is 12.9. The molecule has 0 unspecified atom stereocenters. The van der Waals surface area contributed by atoms with E-state index in [1.807, 2.05) is 0 Å². The minimum atomic E-state index is -5.24. The van der Waals surface area contributed by atoms with E-state index in [9.17, 15) is 48.0 Å². The third kappa shape index (κ3) is 9.11. The van der Waals surface area contributed by atoms with Crippen molar-refractivity contribution >= 4 is 42.9 Å². The number of nitrogens with zero attached hydrogens (tertiary/aromatic N) is 2. The number of para-hydroxylation sites is 1. The molecule has 0 saturated heterocycles. The Balaban J connectivity index is 1.74. The van der Waals surface area contributed by atoms with Gasteiger partial charge in [0, 0.05) is 0 Å². The highest BCUT2D eigenvalue weighted by molar-refractivity contribution is 7.90. The Morgan fingerprint density at radius 3 is 2.26 bits per heavy atom. The first kappa shape index (κ1) is 35.5. The number of hydrogen-bond acceptors (Lipinski definition) is 8. The summed E-state index contributed by atoms with van der Waals surface area (Å²) in [7, 11) is -9.29. The number of carbonyl (C=O) groups is 1. The SMILES string of the molecule is CCOC(=O)CN(c1ccc(C[C@H](NS(=O)(=O)c2ccccc2OC(F)(F)F)c2nc3ccc(C(F)(F)F)cc3[nH]2)cc1)S(N)(=O)=O.